The Balaban J connectivity index is 2.28. The second-order valence-corrected chi connectivity index (χ2v) is 8.89. The van der Waals surface area contributed by atoms with Gasteiger partial charge in [-0.1, -0.05) is 13.8 Å². The number of hydrogen-bond acceptors (Lipinski definition) is 5. The van der Waals surface area contributed by atoms with Crippen LogP contribution < -0.4 is 14.2 Å². The lowest BCUT2D eigenvalue weighted by molar-refractivity contribution is -0.134. The van der Waals surface area contributed by atoms with E-state index in [1.165, 1.54) is 26.4 Å². The van der Waals surface area contributed by atoms with Crippen LogP contribution in [0.3, 0.4) is 0 Å². The molecule has 8 heteroatoms. The molecule has 27 heavy (non-hydrogen) atoms. The van der Waals surface area contributed by atoms with Gasteiger partial charge in [-0.15, -0.1) is 0 Å². The zero-order valence-corrected chi connectivity index (χ0v) is 17.3. The Morgan fingerprint density at radius 2 is 1.81 bits per heavy atom. The molecule has 1 saturated heterocycles. The monoisotopic (exact) mass is 398 g/mol. The maximum Gasteiger partial charge on any atom is 0.244 e. The van der Waals surface area contributed by atoms with Crippen molar-refractivity contribution >= 4 is 15.9 Å². The number of hydrogen-bond donors (Lipinski definition) is 1. The first-order valence-corrected chi connectivity index (χ1v) is 10.8. The lowest BCUT2D eigenvalue weighted by Crippen LogP contribution is -2.50. The minimum absolute atomic E-state index is 0.00833. The number of benzene rings is 1. The Morgan fingerprint density at radius 3 is 2.37 bits per heavy atom. The molecule has 1 fully saturated rings. The van der Waals surface area contributed by atoms with Crippen molar-refractivity contribution in [3.63, 3.8) is 0 Å². The van der Waals surface area contributed by atoms with Gasteiger partial charge in [-0.25, -0.2) is 8.42 Å². The largest absolute Gasteiger partial charge is 0.497 e. The first-order chi connectivity index (χ1) is 12.8. The molecule has 0 aromatic heterocycles. The minimum Gasteiger partial charge on any atom is -0.497 e. The molecule has 1 aliphatic rings. The molecule has 1 atom stereocenters. The zero-order valence-electron chi connectivity index (χ0n) is 16.5. The summed E-state index contributed by atoms with van der Waals surface area (Å²) in [6.45, 7) is 5.31. The van der Waals surface area contributed by atoms with Crippen molar-refractivity contribution in [2.75, 3.05) is 27.3 Å². The summed E-state index contributed by atoms with van der Waals surface area (Å²) in [5, 5.41) is 0. The molecule has 7 nitrogen and oxygen atoms in total. The number of likely N-dealkylation sites (tertiary alicyclic amines) is 1. The summed E-state index contributed by atoms with van der Waals surface area (Å²) in [6.07, 6.45) is 3.46. The molecular weight excluding hydrogens is 368 g/mol. The van der Waals surface area contributed by atoms with Crippen LogP contribution in [0.2, 0.25) is 0 Å². The normalized spacial score (nSPS) is 16.3. The van der Waals surface area contributed by atoms with Gasteiger partial charge in [0.15, 0.2) is 0 Å². The predicted molar refractivity (Wildman–Crippen MR) is 104 cm³/mol. The second-order valence-electron chi connectivity index (χ2n) is 7.21. The van der Waals surface area contributed by atoms with Crippen molar-refractivity contribution in [1.29, 1.82) is 0 Å². The van der Waals surface area contributed by atoms with Crippen LogP contribution in [0.5, 0.6) is 11.5 Å². The van der Waals surface area contributed by atoms with E-state index >= 15 is 0 Å². The quantitative estimate of drug-likeness (QED) is 0.727. The summed E-state index contributed by atoms with van der Waals surface area (Å²) in [6, 6.07) is 3.71. The molecule has 2 rings (SSSR count). The highest BCUT2D eigenvalue weighted by molar-refractivity contribution is 7.89. The van der Waals surface area contributed by atoms with Crippen molar-refractivity contribution in [1.82, 2.24) is 9.62 Å². The summed E-state index contributed by atoms with van der Waals surface area (Å²) in [4.78, 5) is 14.7. The molecule has 1 aliphatic heterocycles. The highest BCUT2D eigenvalue weighted by Gasteiger charge is 2.31. The Morgan fingerprint density at radius 1 is 1.15 bits per heavy atom. The molecule has 0 bridgehead atoms. The maximum atomic E-state index is 13.0. The van der Waals surface area contributed by atoms with Gasteiger partial charge in [-0.2, -0.15) is 4.72 Å². The van der Waals surface area contributed by atoms with Gasteiger partial charge in [0.1, 0.15) is 22.4 Å². The van der Waals surface area contributed by atoms with Crippen LogP contribution in [0.1, 0.15) is 39.5 Å². The molecular formula is C19H30N2O5S. The van der Waals surface area contributed by atoms with E-state index in [0.29, 0.717) is 25.3 Å². The first-order valence-electron chi connectivity index (χ1n) is 9.31. The van der Waals surface area contributed by atoms with Gasteiger partial charge >= 0.3 is 0 Å². The number of nitrogens with zero attached hydrogens (tertiary/aromatic N) is 1. The molecule has 0 spiro atoms. The van der Waals surface area contributed by atoms with Crippen LogP contribution in [0.25, 0.3) is 0 Å². The number of nitrogens with one attached hydrogen (secondary N) is 1. The molecule has 1 amide bonds. The Hall–Kier alpha value is -1.80. The molecule has 1 aromatic rings. The second kappa shape index (κ2) is 9.41. The molecule has 0 aliphatic carbocycles. The molecule has 1 heterocycles. The van der Waals surface area contributed by atoms with E-state index < -0.39 is 16.1 Å². The lowest BCUT2D eigenvalue weighted by Gasteiger charge is -2.31. The van der Waals surface area contributed by atoms with Crippen LogP contribution in [0.15, 0.2) is 23.1 Å². The van der Waals surface area contributed by atoms with Gasteiger partial charge in [-0.3, -0.25) is 4.79 Å². The third kappa shape index (κ3) is 5.59. The lowest BCUT2D eigenvalue weighted by atomic mass is 10.0. The van der Waals surface area contributed by atoms with Gasteiger partial charge in [-0.05, 0) is 43.7 Å². The van der Waals surface area contributed by atoms with Crippen LogP contribution in [0, 0.1) is 5.92 Å². The predicted octanol–water partition coefficient (Wildman–Crippen LogP) is 2.41. The van der Waals surface area contributed by atoms with Crippen LogP contribution in [0.4, 0.5) is 0 Å². The number of piperidine rings is 1. The highest BCUT2D eigenvalue weighted by Crippen LogP contribution is 2.29. The van der Waals surface area contributed by atoms with Crippen molar-refractivity contribution in [3.05, 3.63) is 18.2 Å². The van der Waals surface area contributed by atoms with Crippen LogP contribution >= 0.6 is 0 Å². The van der Waals surface area contributed by atoms with E-state index in [-0.39, 0.29) is 22.5 Å². The SMILES string of the molecule is COc1ccc(S(=O)(=O)N[C@@H](CC(C)C)C(=O)N2CCCCC2)c(OC)c1. The summed E-state index contributed by atoms with van der Waals surface area (Å²) in [5.74, 6) is 0.688. The smallest absolute Gasteiger partial charge is 0.244 e. The molecule has 0 saturated carbocycles. The van der Waals surface area contributed by atoms with Crippen LogP contribution in [-0.2, 0) is 14.8 Å². The number of amides is 1. The van der Waals surface area contributed by atoms with Crippen molar-refractivity contribution in [3.8, 4) is 11.5 Å². The van der Waals surface area contributed by atoms with E-state index in [2.05, 4.69) is 4.72 Å². The van der Waals surface area contributed by atoms with Gasteiger partial charge in [0, 0.05) is 19.2 Å². The van der Waals surface area contributed by atoms with Crippen molar-refractivity contribution < 1.29 is 22.7 Å². The average molecular weight is 399 g/mol. The van der Waals surface area contributed by atoms with E-state index in [0.717, 1.165) is 19.3 Å². The number of rotatable bonds is 8. The standard InChI is InChI=1S/C19H30N2O5S/c1-14(2)12-16(19(22)21-10-6-5-7-11-21)20-27(23,24)18-9-8-15(25-3)13-17(18)26-4/h8-9,13-14,16,20H,5-7,10-12H2,1-4H3/t16-/m0/s1. The van der Waals surface area contributed by atoms with Crippen LogP contribution in [-0.4, -0.2) is 52.6 Å². The van der Waals surface area contributed by atoms with Gasteiger partial charge in [0.25, 0.3) is 0 Å². The van der Waals surface area contributed by atoms with E-state index in [1.807, 2.05) is 13.8 Å². The zero-order chi connectivity index (χ0) is 20.0. The molecule has 0 unspecified atom stereocenters. The third-order valence-electron chi connectivity index (χ3n) is 4.63. The fourth-order valence-corrected chi connectivity index (χ4v) is 4.61. The number of sulfonamides is 1. The van der Waals surface area contributed by atoms with E-state index in [9.17, 15) is 13.2 Å². The van der Waals surface area contributed by atoms with E-state index in [1.54, 1.807) is 11.0 Å². The number of carbonyl (C=O) groups is 1. The summed E-state index contributed by atoms with van der Waals surface area (Å²) >= 11 is 0. The Labute approximate surface area is 162 Å². The topological polar surface area (TPSA) is 84.9 Å². The fourth-order valence-electron chi connectivity index (χ4n) is 3.25. The summed E-state index contributed by atoms with van der Waals surface area (Å²) in [7, 11) is -1.04. The first kappa shape index (κ1) is 21.5. The third-order valence-corrected chi connectivity index (χ3v) is 6.14. The van der Waals surface area contributed by atoms with Crippen molar-refractivity contribution in [2.24, 2.45) is 5.92 Å². The summed E-state index contributed by atoms with van der Waals surface area (Å²) in [5.41, 5.74) is 0. The molecule has 0 radical (unpaired) electrons. The highest BCUT2D eigenvalue weighted by atomic mass is 32.2. The molecule has 1 aromatic carbocycles. The number of methoxy groups -OCH3 is 2. The Kier molecular flexibility index (Phi) is 7.49. The number of carbonyl (C=O) groups excluding carboxylic acids is 1. The minimum atomic E-state index is -3.93. The fraction of sp³-hybridized carbons (Fsp3) is 0.632. The molecule has 1 N–H and O–H groups in total. The molecule has 152 valence electrons. The van der Waals surface area contributed by atoms with E-state index in [4.69, 9.17) is 9.47 Å². The van der Waals surface area contributed by atoms with Gasteiger partial charge in [0.05, 0.1) is 14.2 Å². The number of ether oxygens (including phenoxy) is 2. The van der Waals surface area contributed by atoms with Gasteiger partial charge in [0.2, 0.25) is 15.9 Å². The average Bonchev–Trinajstić information content (AvgIpc) is 2.66. The van der Waals surface area contributed by atoms with Crippen molar-refractivity contribution in [2.45, 2.75) is 50.5 Å². The summed E-state index contributed by atoms with van der Waals surface area (Å²) < 4.78 is 38.9. The maximum absolute atomic E-state index is 13.0. The van der Waals surface area contributed by atoms with Gasteiger partial charge < -0.3 is 14.4 Å². The Bertz CT molecular complexity index is 742.